The van der Waals surface area contributed by atoms with Gasteiger partial charge in [-0.25, -0.2) is 9.78 Å². The molecule has 0 spiro atoms. The number of unbranched alkanes of at least 4 members (excludes halogenated alkanes) is 2. The minimum atomic E-state index is -4.43. The highest BCUT2D eigenvalue weighted by Gasteiger charge is 2.28. The average molecular weight is 737 g/mol. The minimum absolute atomic E-state index is 0.0258. The zero-order valence-electron chi connectivity index (χ0n) is 26.8. The van der Waals surface area contributed by atoms with Gasteiger partial charge in [-0.15, -0.1) is 30.4 Å². The Morgan fingerprint density at radius 2 is 1.82 bits per heavy atom. The van der Waals surface area contributed by atoms with Gasteiger partial charge >= 0.3 is 13.6 Å². The number of rotatable bonds is 21. The molecule has 2 aromatic carbocycles. The topological polar surface area (TPSA) is 250 Å². The molecule has 2 aromatic heterocycles. The molecule has 2 heterocycles. The molecule has 0 bridgehead atoms. The Labute approximate surface area is 289 Å². The maximum absolute atomic E-state index is 13.2. The van der Waals surface area contributed by atoms with E-state index in [0.717, 1.165) is 35.1 Å². The number of hydrogen-bond donors (Lipinski definition) is 2. The minimum Gasteiger partial charge on any atom is -0.448 e. The van der Waals surface area contributed by atoms with Crippen LogP contribution in [-0.4, -0.2) is 76.9 Å². The summed E-state index contributed by atoms with van der Waals surface area (Å²) >= 11 is 6.41. The molecule has 0 aliphatic heterocycles. The Hall–Kier alpha value is -4.97. The standard InChI is InChI=1S/C29H34ClN8O11P/c1-2-3-11-25-31-27(30)26(29(39)46-19-50(44,45)48-16-7-6-8-22(49-38(42)43)18-47-37(40)41)36(25)17-20-12-14-21(15-13-20)23-9-4-5-10-24(23)28-32-34-35-33-28/h4-5,9-10,12-15,22H,2-3,6-8,11,16-19H2,1H3,(H,44,45)(H,32,33,34,35)/t22-/m0/s1. The van der Waals surface area contributed by atoms with Crippen molar-refractivity contribution in [1.29, 1.82) is 0 Å². The van der Waals surface area contributed by atoms with E-state index < -0.39 is 42.8 Å². The number of halogens is 1. The summed E-state index contributed by atoms with van der Waals surface area (Å²) in [5, 5.41) is 32.9. The van der Waals surface area contributed by atoms with E-state index in [4.69, 9.17) is 20.9 Å². The van der Waals surface area contributed by atoms with Crippen LogP contribution in [0.4, 0.5) is 0 Å². The summed E-state index contributed by atoms with van der Waals surface area (Å²) in [6, 6.07) is 15.3. The lowest BCUT2D eigenvalue weighted by Gasteiger charge is -2.15. The van der Waals surface area contributed by atoms with E-state index in [1.54, 1.807) is 4.57 Å². The molecule has 0 aliphatic carbocycles. The summed E-state index contributed by atoms with van der Waals surface area (Å²) in [7, 11) is -4.43. The Morgan fingerprint density at radius 3 is 2.48 bits per heavy atom. The molecular weight excluding hydrogens is 703 g/mol. The van der Waals surface area contributed by atoms with E-state index in [0.29, 0.717) is 18.1 Å². The third kappa shape index (κ3) is 11.0. The molecule has 2 N–H and O–H groups in total. The zero-order chi connectivity index (χ0) is 36.1. The van der Waals surface area contributed by atoms with Gasteiger partial charge in [0.25, 0.3) is 10.2 Å². The van der Waals surface area contributed by atoms with Crippen molar-refractivity contribution < 1.29 is 43.4 Å². The number of H-pyrrole nitrogens is 1. The molecule has 0 saturated heterocycles. The molecule has 19 nitrogen and oxygen atoms in total. The van der Waals surface area contributed by atoms with E-state index >= 15 is 0 Å². The van der Waals surface area contributed by atoms with Crippen LogP contribution in [0.3, 0.4) is 0 Å². The summed E-state index contributed by atoms with van der Waals surface area (Å²) < 4.78 is 24.4. The van der Waals surface area contributed by atoms with Crippen LogP contribution in [0.2, 0.25) is 5.15 Å². The average Bonchev–Trinajstić information content (AvgIpc) is 3.73. The summed E-state index contributed by atoms with van der Waals surface area (Å²) in [6.45, 7) is 1.28. The summed E-state index contributed by atoms with van der Waals surface area (Å²) in [5.41, 5.74) is 3.32. The molecule has 2 atom stereocenters. The zero-order valence-corrected chi connectivity index (χ0v) is 28.4. The number of aryl methyl sites for hydroxylation is 1. The second-order valence-corrected chi connectivity index (χ2v) is 13.0. The highest BCUT2D eigenvalue weighted by atomic mass is 35.5. The van der Waals surface area contributed by atoms with Crippen LogP contribution in [0.15, 0.2) is 48.5 Å². The number of ether oxygens (including phenoxy) is 1. The van der Waals surface area contributed by atoms with Gasteiger partial charge in [-0.1, -0.05) is 73.5 Å². The molecule has 0 radical (unpaired) electrons. The van der Waals surface area contributed by atoms with Gasteiger partial charge in [0, 0.05) is 18.5 Å². The van der Waals surface area contributed by atoms with Crippen molar-refractivity contribution in [3.63, 3.8) is 0 Å². The number of benzene rings is 2. The second-order valence-electron chi connectivity index (χ2n) is 10.8. The maximum Gasteiger partial charge on any atom is 0.365 e. The van der Waals surface area contributed by atoms with Crippen LogP contribution < -0.4 is 0 Å². The predicted octanol–water partition coefficient (Wildman–Crippen LogP) is 5.05. The highest BCUT2D eigenvalue weighted by Crippen LogP contribution is 2.42. The Balaban J connectivity index is 1.39. The van der Waals surface area contributed by atoms with Gasteiger partial charge in [-0.3, -0.25) is 4.57 Å². The SMILES string of the molecule is CCCCc1nc(Cl)c(C(=O)OCP(=O)(O)OCCCC[C@@H](CO[N+](=O)[O-])O[N+](=O)[O-])n1Cc1ccc(-c2ccccc2-c2nn[nH]n2)cc1. The molecule has 4 aromatic rings. The second kappa shape index (κ2) is 18.1. The number of carbonyl (C=O) groups excluding carboxylic acids is 1. The lowest BCUT2D eigenvalue weighted by Crippen LogP contribution is -2.24. The Bertz CT molecular complexity index is 1790. The van der Waals surface area contributed by atoms with Gasteiger partial charge in [-0.05, 0) is 47.6 Å². The number of hydrogen-bond acceptors (Lipinski definition) is 14. The molecular formula is C29H34ClN8O11P. The molecule has 0 fully saturated rings. The first-order valence-electron chi connectivity index (χ1n) is 15.4. The van der Waals surface area contributed by atoms with Crippen molar-refractivity contribution in [2.75, 3.05) is 19.6 Å². The monoisotopic (exact) mass is 736 g/mol. The number of tetrazole rings is 1. The van der Waals surface area contributed by atoms with Crippen molar-refractivity contribution in [3.05, 3.63) is 91.0 Å². The van der Waals surface area contributed by atoms with Crippen LogP contribution in [-0.2, 0) is 36.5 Å². The number of esters is 1. The Kier molecular flexibility index (Phi) is 13.7. The van der Waals surface area contributed by atoms with Crippen LogP contribution >= 0.6 is 19.2 Å². The summed E-state index contributed by atoms with van der Waals surface area (Å²) in [6.07, 6.45) is 0.252. The van der Waals surface area contributed by atoms with Gasteiger partial charge in [0.05, 0.1) is 6.61 Å². The van der Waals surface area contributed by atoms with Gasteiger partial charge in [0.2, 0.25) is 5.82 Å². The van der Waals surface area contributed by atoms with Crippen molar-refractivity contribution in [2.24, 2.45) is 0 Å². The normalized spacial score (nSPS) is 12.9. The fourth-order valence-corrected chi connectivity index (χ4v) is 5.94. The van der Waals surface area contributed by atoms with Crippen LogP contribution in [0, 0.1) is 20.2 Å². The smallest absolute Gasteiger partial charge is 0.365 e. The third-order valence-corrected chi connectivity index (χ3v) is 8.55. The first-order chi connectivity index (χ1) is 24.0. The highest BCUT2D eigenvalue weighted by molar-refractivity contribution is 7.52. The van der Waals surface area contributed by atoms with Crippen LogP contribution in [0.25, 0.3) is 22.5 Å². The van der Waals surface area contributed by atoms with Gasteiger partial charge in [0.1, 0.15) is 18.5 Å². The largest absolute Gasteiger partial charge is 0.448 e. The maximum atomic E-state index is 13.2. The number of carbonyl (C=O) groups is 1. The molecule has 1 unspecified atom stereocenters. The third-order valence-electron chi connectivity index (χ3n) is 7.24. The van der Waals surface area contributed by atoms with Gasteiger partial charge in [0.15, 0.2) is 17.2 Å². The summed E-state index contributed by atoms with van der Waals surface area (Å²) in [5.74, 6) is 0.0248. The molecule has 21 heteroatoms. The van der Waals surface area contributed by atoms with E-state index in [2.05, 4.69) is 35.3 Å². The lowest BCUT2D eigenvalue weighted by atomic mass is 9.98. The lowest BCUT2D eigenvalue weighted by molar-refractivity contribution is -0.790. The van der Waals surface area contributed by atoms with Crippen molar-refractivity contribution >= 4 is 25.2 Å². The number of nitrogens with zero attached hydrogens (tertiary/aromatic N) is 7. The first-order valence-corrected chi connectivity index (χ1v) is 17.5. The molecule has 0 amide bonds. The fraction of sp³-hybridized carbons (Fsp3) is 0.414. The quantitative estimate of drug-likeness (QED) is 0.0373. The van der Waals surface area contributed by atoms with Crippen molar-refractivity contribution in [3.8, 4) is 22.5 Å². The summed E-state index contributed by atoms with van der Waals surface area (Å²) in [4.78, 5) is 57.3. The van der Waals surface area contributed by atoms with Gasteiger partial charge < -0.3 is 28.4 Å². The van der Waals surface area contributed by atoms with E-state index in [1.807, 2.05) is 55.5 Å². The van der Waals surface area contributed by atoms with E-state index in [9.17, 15) is 34.5 Å². The number of nitrogens with one attached hydrogen (secondary N) is 1. The molecule has 268 valence electrons. The van der Waals surface area contributed by atoms with E-state index in [1.165, 1.54) is 0 Å². The van der Waals surface area contributed by atoms with Gasteiger partial charge in [-0.2, -0.15) is 5.21 Å². The Morgan fingerprint density at radius 1 is 1.08 bits per heavy atom. The molecule has 4 rings (SSSR count). The number of aromatic amines is 1. The number of aromatic nitrogens is 6. The fourth-order valence-electron chi connectivity index (χ4n) is 4.89. The predicted molar refractivity (Wildman–Crippen MR) is 175 cm³/mol. The van der Waals surface area contributed by atoms with Crippen LogP contribution in [0.5, 0.6) is 0 Å². The van der Waals surface area contributed by atoms with Crippen molar-refractivity contribution in [2.45, 2.75) is 58.1 Å². The van der Waals surface area contributed by atoms with E-state index in [-0.39, 0.29) is 43.3 Å². The molecule has 0 saturated carbocycles. The molecule has 50 heavy (non-hydrogen) atoms. The van der Waals surface area contributed by atoms with Crippen LogP contribution in [0.1, 0.15) is 60.9 Å². The first kappa shape index (κ1) is 37.8. The van der Waals surface area contributed by atoms with Crippen molar-refractivity contribution in [1.82, 2.24) is 30.2 Å². The number of imidazole rings is 1. The molecule has 0 aliphatic rings.